The lowest BCUT2D eigenvalue weighted by Crippen LogP contribution is -2.46. The van der Waals surface area contributed by atoms with Crippen LogP contribution in [0.2, 0.25) is 0 Å². The Balaban J connectivity index is 2.78. The first-order valence-electron chi connectivity index (χ1n) is 10.7. The van der Waals surface area contributed by atoms with E-state index in [0.29, 0.717) is 11.8 Å². The second-order valence-corrected chi connectivity index (χ2v) is 7.94. The molecule has 1 N–H and O–H groups in total. The summed E-state index contributed by atoms with van der Waals surface area (Å²) in [5.41, 5.74) is -0.275. The molecule has 1 aliphatic heterocycles. The van der Waals surface area contributed by atoms with Crippen molar-refractivity contribution in [3.63, 3.8) is 0 Å². The van der Waals surface area contributed by atoms with E-state index in [1.54, 1.807) is 0 Å². The summed E-state index contributed by atoms with van der Waals surface area (Å²) >= 11 is 0. The fourth-order valence-electron chi connectivity index (χ4n) is 4.19. The predicted molar refractivity (Wildman–Crippen MR) is 106 cm³/mol. The van der Waals surface area contributed by atoms with Crippen molar-refractivity contribution in [2.45, 2.75) is 104 Å². The summed E-state index contributed by atoms with van der Waals surface area (Å²) in [7, 11) is 0. The second kappa shape index (κ2) is 11.8. The number of carbonyl (C=O) groups is 1. The molecule has 4 heteroatoms. The predicted octanol–water partition coefficient (Wildman–Crippen LogP) is 6.16. The number of carboxylic acids is 1. The van der Waals surface area contributed by atoms with Gasteiger partial charge in [0.05, 0.1) is 6.42 Å². The molecule has 1 heterocycles. The number of aliphatic carboxylic acids is 1. The van der Waals surface area contributed by atoms with Gasteiger partial charge in [-0.25, -0.2) is 9.78 Å². The molecule has 0 spiro atoms. The molecule has 152 valence electrons. The van der Waals surface area contributed by atoms with Crippen LogP contribution in [0.5, 0.6) is 0 Å². The Labute approximate surface area is 160 Å². The topological polar surface area (TPSA) is 55.8 Å². The first kappa shape index (κ1) is 23.2. The first-order valence-corrected chi connectivity index (χ1v) is 10.7. The van der Waals surface area contributed by atoms with Crippen molar-refractivity contribution in [3.8, 4) is 0 Å². The van der Waals surface area contributed by atoms with Gasteiger partial charge in [-0.1, -0.05) is 59.6 Å². The highest BCUT2D eigenvalue weighted by Gasteiger charge is 2.43. The molecule has 1 saturated heterocycles. The number of hydrogen-bond donors (Lipinski definition) is 1. The van der Waals surface area contributed by atoms with Gasteiger partial charge < -0.3 is 5.11 Å². The minimum Gasteiger partial charge on any atom is -0.481 e. The van der Waals surface area contributed by atoms with E-state index in [-0.39, 0.29) is 24.0 Å². The van der Waals surface area contributed by atoms with E-state index >= 15 is 0 Å². The van der Waals surface area contributed by atoms with E-state index in [0.717, 1.165) is 38.5 Å². The van der Waals surface area contributed by atoms with Crippen LogP contribution >= 0.6 is 0 Å². The number of hydrogen-bond acceptors (Lipinski definition) is 3. The molecule has 1 aliphatic rings. The van der Waals surface area contributed by atoms with Crippen LogP contribution in [-0.4, -0.2) is 22.8 Å². The fraction of sp³-hybridized carbons (Fsp3) is 0.864. The quantitative estimate of drug-likeness (QED) is 0.331. The number of allylic oxidation sites excluding steroid dienone is 2. The lowest BCUT2D eigenvalue weighted by Gasteiger charge is -2.44. The fourth-order valence-corrected chi connectivity index (χ4v) is 4.19. The molecule has 4 nitrogen and oxygen atoms in total. The highest BCUT2D eigenvalue weighted by molar-refractivity contribution is 5.67. The Hall–Kier alpha value is -0.870. The average molecular weight is 369 g/mol. The third-order valence-corrected chi connectivity index (χ3v) is 6.10. The van der Waals surface area contributed by atoms with Gasteiger partial charge in [0.25, 0.3) is 0 Å². The SMILES string of the molecule is CC/C=C/[C@H](CC)C[C@H](CC)C[C@@]1(CC)C[C@H](CC)[C@H](CC(=O)O)OO1. The van der Waals surface area contributed by atoms with Gasteiger partial charge in [0.1, 0.15) is 11.7 Å². The van der Waals surface area contributed by atoms with Crippen LogP contribution in [0.15, 0.2) is 12.2 Å². The van der Waals surface area contributed by atoms with Crippen LogP contribution in [0.25, 0.3) is 0 Å². The van der Waals surface area contributed by atoms with Crippen LogP contribution < -0.4 is 0 Å². The summed E-state index contributed by atoms with van der Waals surface area (Å²) in [5, 5.41) is 9.10. The molecule has 0 aromatic rings. The Morgan fingerprint density at radius 3 is 2.46 bits per heavy atom. The van der Waals surface area contributed by atoms with Crippen molar-refractivity contribution in [1.29, 1.82) is 0 Å². The zero-order chi connectivity index (χ0) is 19.6. The number of carboxylic acid groups (broad SMARTS) is 1. The third kappa shape index (κ3) is 7.03. The van der Waals surface area contributed by atoms with Crippen LogP contribution in [0, 0.1) is 17.8 Å². The van der Waals surface area contributed by atoms with Crippen LogP contribution in [0.3, 0.4) is 0 Å². The smallest absolute Gasteiger partial charge is 0.306 e. The standard InChI is InChI=1S/C22H40O4/c1-6-11-12-17(7-2)13-18(8-3)15-22(10-5)16-19(9-4)20(25-26-22)14-21(23)24/h11-12,17-20H,6-10,13-16H2,1-5H3,(H,23,24)/b12-11+/t17-,18-,19-,20-,22-/m0/s1. The number of rotatable bonds is 12. The van der Waals surface area contributed by atoms with Crippen molar-refractivity contribution < 1.29 is 19.7 Å². The molecule has 0 radical (unpaired) electrons. The molecule has 0 aromatic carbocycles. The highest BCUT2D eigenvalue weighted by atomic mass is 17.2. The van der Waals surface area contributed by atoms with Gasteiger partial charge in [0, 0.05) is 0 Å². The molecule has 0 saturated carbocycles. The highest BCUT2D eigenvalue weighted by Crippen LogP contribution is 2.42. The summed E-state index contributed by atoms with van der Waals surface area (Å²) in [4.78, 5) is 22.6. The van der Waals surface area contributed by atoms with Crippen molar-refractivity contribution in [2.75, 3.05) is 0 Å². The Morgan fingerprint density at radius 2 is 1.96 bits per heavy atom. The van der Waals surface area contributed by atoms with E-state index in [2.05, 4.69) is 46.8 Å². The van der Waals surface area contributed by atoms with Crippen molar-refractivity contribution in [3.05, 3.63) is 12.2 Å². The molecular formula is C22H40O4. The average Bonchev–Trinajstić information content (AvgIpc) is 2.65. The summed E-state index contributed by atoms with van der Waals surface area (Å²) in [6.07, 6.45) is 12.6. The van der Waals surface area contributed by atoms with Crippen molar-refractivity contribution in [2.24, 2.45) is 17.8 Å². The van der Waals surface area contributed by atoms with Crippen molar-refractivity contribution >= 4 is 5.97 Å². The van der Waals surface area contributed by atoms with Crippen molar-refractivity contribution in [1.82, 2.24) is 0 Å². The summed E-state index contributed by atoms with van der Waals surface area (Å²) < 4.78 is 0. The zero-order valence-electron chi connectivity index (χ0n) is 17.5. The van der Waals surface area contributed by atoms with E-state index in [1.165, 1.54) is 12.8 Å². The maximum atomic E-state index is 11.1. The molecule has 0 aromatic heterocycles. The van der Waals surface area contributed by atoms with E-state index in [4.69, 9.17) is 14.9 Å². The van der Waals surface area contributed by atoms with Crippen LogP contribution in [0.1, 0.15) is 92.4 Å². The molecule has 1 fully saturated rings. The molecule has 5 atom stereocenters. The molecule has 26 heavy (non-hydrogen) atoms. The van der Waals surface area contributed by atoms with Gasteiger partial charge in [-0.15, -0.1) is 0 Å². The van der Waals surface area contributed by atoms with Gasteiger partial charge in [0.15, 0.2) is 0 Å². The molecular weight excluding hydrogens is 328 g/mol. The van der Waals surface area contributed by atoms with Gasteiger partial charge in [0.2, 0.25) is 0 Å². The lowest BCUT2D eigenvalue weighted by molar-refractivity contribution is -0.424. The zero-order valence-corrected chi connectivity index (χ0v) is 17.5. The first-order chi connectivity index (χ1) is 12.4. The largest absolute Gasteiger partial charge is 0.481 e. The molecule has 0 aliphatic carbocycles. The second-order valence-electron chi connectivity index (χ2n) is 7.94. The van der Waals surface area contributed by atoms with Crippen LogP contribution in [-0.2, 0) is 14.6 Å². The molecule has 0 bridgehead atoms. The van der Waals surface area contributed by atoms with Gasteiger partial charge in [-0.3, -0.25) is 4.79 Å². The van der Waals surface area contributed by atoms with E-state index < -0.39 is 5.97 Å². The van der Waals surface area contributed by atoms with E-state index in [9.17, 15) is 4.79 Å². The minimum atomic E-state index is -0.819. The summed E-state index contributed by atoms with van der Waals surface area (Å²) in [6.45, 7) is 11.0. The normalized spacial score (nSPS) is 29.0. The van der Waals surface area contributed by atoms with E-state index in [1.807, 2.05) is 0 Å². The summed E-state index contributed by atoms with van der Waals surface area (Å²) in [6, 6.07) is 0. The molecule has 0 unspecified atom stereocenters. The summed E-state index contributed by atoms with van der Waals surface area (Å²) in [5.74, 6) is 0.652. The third-order valence-electron chi connectivity index (χ3n) is 6.10. The van der Waals surface area contributed by atoms with Gasteiger partial charge >= 0.3 is 5.97 Å². The Bertz CT molecular complexity index is 434. The lowest BCUT2D eigenvalue weighted by atomic mass is 9.75. The maximum absolute atomic E-state index is 11.1. The Kier molecular flexibility index (Phi) is 10.5. The minimum absolute atomic E-state index is 0.0230. The van der Waals surface area contributed by atoms with Crippen LogP contribution in [0.4, 0.5) is 0 Å². The van der Waals surface area contributed by atoms with Gasteiger partial charge in [-0.05, 0) is 56.3 Å². The Morgan fingerprint density at radius 1 is 1.23 bits per heavy atom. The monoisotopic (exact) mass is 368 g/mol. The molecule has 0 amide bonds. The maximum Gasteiger partial charge on any atom is 0.306 e. The van der Waals surface area contributed by atoms with Gasteiger partial charge in [-0.2, -0.15) is 0 Å². The molecule has 1 rings (SSSR count).